The normalized spacial score (nSPS) is 11.2. The molecule has 0 amide bonds. The van der Waals surface area contributed by atoms with Crippen molar-refractivity contribution >= 4 is 11.0 Å². The van der Waals surface area contributed by atoms with Crippen molar-refractivity contribution in [1.82, 2.24) is 24.9 Å². The van der Waals surface area contributed by atoms with E-state index in [-0.39, 0.29) is 11.6 Å². The average Bonchev–Trinajstić information content (AvgIpc) is 3.03. The van der Waals surface area contributed by atoms with Crippen LogP contribution in [0.4, 0.5) is 8.78 Å². The lowest BCUT2D eigenvalue weighted by atomic mass is 10.1. The number of H-pyrrole nitrogens is 1. The van der Waals surface area contributed by atoms with Crippen LogP contribution in [0.2, 0.25) is 0 Å². The van der Waals surface area contributed by atoms with Gasteiger partial charge in [0.05, 0.1) is 12.4 Å². The molecule has 1 N–H and O–H groups in total. The van der Waals surface area contributed by atoms with E-state index in [9.17, 15) is 8.78 Å². The zero-order chi connectivity index (χ0) is 17.9. The monoisotopic (exact) mass is 351 g/mol. The molecule has 0 saturated carbocycles. The summed E-state index contributed by atoms with van der Waals surface area (Å²) in [6, 6.07) is 2.93. The molecule has 0 aromatic carbocycles. The van der Waals surface area contributed by atoms with E-state index in [1.165, 1.54) is 24.5 Å². The summed E-state index contributed by atoms with van der Waals surface area (Å²) < 4.78 is 26.5. The van der Waals surface area contributed by atoms with Crippen LogP contribution in [-0.2, 0) is 19.3 Å². The van der Waals surface area contributed by atoms with Gasteiger partial charge in [-0.15, -0.1) is 0 Å². The first kappa shape index (κ1) is 16.3. The lowest BCUT2D eigenvalue weighted by Gasteiger charge is -2.03. The van der Waals surface area contributed by atoms with Crippen molar-refractivity contribution in [3.63, 3.8) is 0 Å². The van der Waals surface area contributed by atoms with E-state index in [4.69, 9.17) is 0 Å². The molecule has 5 nitrogen and oxygen atoms in total. The minimum Gasteiger partial charge on any atom is -0.346 e. The van der Waals surface area contributed by atoms with Gasteiger partial charge >= 0.3 is 0 Å². The maximum Gasteiger partial charge on any atom is 0.142 e. The molecule has 0 aliphatic rings. The molecule has 0 fully saturated rings. The van der Waals surface area contributed by atoms with Gasteiger partial charge in [-0.2, -0.15) is 0 Å². The number of pyridine rings is 2. The highest BCUT2D eigenvalue weighted by atomic mass is 19.1. The van der Waals surface area contributed by atoms with E-state index in [1.807, 2.05) is 6.20 Å². The van der Waals surface area contributed by atoms with Crippen molar-refractivity contribution in [2.45, 2.75) is 19.3 Å². The van der Waals surface area contributed by atoms with Crippen LogP contribution in [-0.4, -0.2) is 24.9 Å². The molecule has 7 heteroatoms. The molecule has 4 rings (SSSR count). The first-order valence-corrected chi connectivity index (χ1v) is 8.18. The van der Waals surface area contributed by atoms with E-state index in [0.717, 1.165) is 22.1 Å². The summed E-state index contributed by atoms with van der Waals surface area (Å²) in [5.41, 5.74) is 3.33. The second-order valence-electron chi connectivity index (χ2n) is 6.06. The van der Waals surface area contributed by atoms with E-state index >= 15 is 0 Å². The second-order valence-corrected chi connectivity index (χ2v) is 6.06. The van der Waals surface area contributed by atoms with Gasteiger partial charge in [0.25, 0.3) is 0 Å². The van der Waals surface area contributed by atoms with E-state index in [1.54, 1.807) is 18.6 Å². The molecule has 0 atom stereocenters. The zero-order valence-corrected chi connectivity index (χ0v) is 13.8. The Labute approximate surface area is 148 Å². The van der Waals surface area contributed by atoms with Gasteiger partial charge in [-0.25, -0.2) is 23.7 Å². The number of hydrogen-bond acceptors (Lipinski definition) is 4. The minimum absolute atomic E-state index is 0.344. The molecular weight excluding hydrogens is 336 g/mol. The number of hydrogen-bond donors (Lipinski definition) is 1. The van der Waals surface area contributed by atoms with Crippen LogP contribution in [0.1, 0.15) is 22.5 Å². The molecule has 0 saturated heterocycles. The minimum atomic E-state index is -0.364. The van der Waals surface area contributed by atoms with Crippen LogP contribution < -0.4 is 0 Å². The Morgan fingerprint density at radius 2 is 1.62 bits per heavy atom. The van der Waals surface area contributed by atoms with Crippen LogP contribution >= 0.6 is 0 Å². The highest BCUT2D eigenvalue weighted by Crippen LogP contribution is 2.20. The number of aryl methyl sites for hydroxylation is 2. The Morgan fingerprint density at radius 1 is 0.808 bits per heavy atom. The molecule has 4 aromatic heterocycles. The molecule has 0 radical (unpaired) electrons. The molecule has 0 bridgehead atoms. The lowest BCUT2D eigenvalue weighted by molar-refractivity contribution is 0.617. The second kappa shape index (κ2) is 6.95. The van der Waals surface area contributed by atoms with Crippen LogP contribution in [0.15, 0.2) is 49.3 Å². The van der Waals surface area contributed by atoms with Crippen molar-refractivity contribution in [2.75, 3.05) is 0 Å². The first-order chi connectivity index (χ1) is 12.7. The maximum atomic E-state index is 13.4. The van der Waals surface area contributed by atoms with E-state index in [2.05, 4.69) is 24.9 Å². The quantitative estimate of drug-likeness (QED) is 0.598. The Kier molecular flexibility index (Phi) is 4.35. The van der Waals surface area contributed by atoms with Gasteiger partial charge in [-0.3, -0.25) is 4.98 Å². The average molecular weight is 351 g/mol. The fraction of sp³-hybridized carbons (Fsp3) is 0.158. The molecule has 0 spiro atoms. The standard InChI is InChI=1S/C19H15F2N5/c20-15-4-12(6-22-10-15)1-2-18-23-7-13(8-24-18)3-14-9-25-19-17(14)5-16(21)11-26-19/h4-11H,1-3H2,(H,25,26). The summed E-state index contributed by atoms with van der Waals surface area (Å²) in [5, 5.41) is 0.757. The Bertz CT molecular complexity index is 1040. The van der Waals surface area contributed by atoms with Crippen LogP contribution in [0.25, 0.3) is 11.0 Å². The summed E-state index contributed by atoms with van der Waals surface area (Å²) >= 11 is 0. The molecule has 0 aliphatic heterocycles. The topological polar surface area (TPSA) is 67.3 Å². The smallest absolute Gasteiger partial charge is 0.142 e. The van der Waals surface area contributed by atoms with E-state index in [0.29, 0.717) is 30.7 Å². The third-order valence-electron chi connectivity index (χ3n) is 4.14. The number of aromatic amines is 1. The molecule has 4 heterocycles. The van der Waals surface area contributed by atoms with Gasteiger partial charge in [0.1, 0.15) is 23.1 Å². The third-order valence-corrected chi connectivity index (χ3v) is 4.14. The van der Waals surface area contributed by atoms with Crippen molar-refractivity contribution in [1.29, 1.82) is 0 Å². The van der Waals surface area contributed by atoms with Gasteiger partial charge in [0.2, 0.25) is 0 Å². The number of fused-ring (bicyclic) bond motifs is 1. The molecule has 130 valence electrons. The van der Waals surface area contributed by atoms with Crippen molar-refractivity contribution < 1.29 is 8.78 Å². The predicted molar refractivity (Wildman–Crippen MR) is 92.5 cm³/mol. The van der Waals surface area contributed by atoms with E-state index < -0.39 is 0 Å². The Hall–Kier alpha value is -3.22. The van der Waals surface area contributed by atoms with Crippen LogP contribution in [0.3, 0.4) is 0 Å². The van der Waals surface area contributed by atoms with Crippen LogP contribution in [0, 0.1) is 11.6 Å². The maximum absolute atomic E-state index is 13.4. The third kappa shape index (κ3) is 3.56. The summed E-state index contributed by atoms with van der Waals surface area (Å²) in [7, 11) is 0. The molecule has 0 unspecified atom stereocenters. The molecule has 26 heavy (non-hydrogen) atoms. The Balaban J connectivity index is 1.44. The first-order valence-electron chi connectivity index (χ1n) is 8.18. The van der Waals surface area contributed by atoms with Gasteiger partial charge in [0.15, 0.2) is 0 Å². The fourth-order valence-electron chi connectivity index (χ4n) is 2.85. The Morgan fingerprint density at radius 3 is 2.42 bits per heavy atom. The number of nitrogens with one attached hydrogen (secondary N) is 1. The summed E-state index contributed by atoms with van der Waals surface area (Å²) in [4.78, 5) is 19.6. The lowest BCUT2D eigenvalue weighted by Crippen LogP contribution is -2.00. The SMILES string of the molecule is Fc1cncc(CCc2ncc(Cc3c[nH]c4ncc(F)cc34)cn2)c1. The summed E-state index contributed by atoms with van der Waals surface area (Å²) in [5.74, 6) is -0.0233. The van der Waals surface area contributed by atoms with Crippen molar-refractivity contribution in [2.24, 2.45) is 0 Å². The van der Waals surface area contributed by atoms with Gasteiger partial charge < -0.3 is 4.98 Å². The predicted octanol–water partition coefficient (Wildman–Crippen LogP) is 3.40. The van der Waals surface area contributed by atoms with Gasteiger partial charge in [0, 0.05) is 43.0 Å². The zero-order valence-electron chi connectivity index (χ0n) is 13.8. The van der Waals surface area contributed by atoms with Gasteiger partial charge in [-0.1, -0.05) is 0 Å². The van der Waals surface area contributed by atoms with Crippen LogP contribution in [0.5, 0.6) is 0 Å². The molecular formula is C19H15F2N5. The number of aromatic nitrogens is 5. The number of nitrogens with zero attached hydrogens (tertiary/aromatic N) is 4. The summed E-state index contributed by atoms with van der Waals surface area (Å²) in [6.07, 6.45) is 11.2. The van der Waals surface area contributed by atoms with Gasteiger partial charge in [-0.05, 0) is 35.2 Å². The highest BCUT2D eigenvalue weighted by molar-refractivity contribution is 5.79. The largest absolute Gasteiger partial charge is 0.346 e. The van der Waals surface area contributed by atoms with Crippen molar-refractivity contribution in [3.05, 3.63) is 83.5 Å². The van der Waals surface area contributed by atoms with Crippen molar-refractivity contribution in [3.8, 4) is 0 Å². The summed E-state index contributed by atoms with van der Waals surface area (Å²) in [6.45, 7) is 0. The fourth-order valence-corrected chi connectivity index (χ4v) is 2.85. The number of halogens is 2. The number of rotatable bonds is 5. The molecule has 4 aromatic rings. The molecule has 0 aliphatic carbocycles. The highest BCUT2D eigenvalue weighted by Gasteiger charge is 2.08.